The van der Waals surface area contributed by atoms with Crippen LogP contribution in [-0.4, -0.2) is 56.8 Å². The van der Waals surface area contributed by atoms with Crippen molar-refractivity contribution >= 4 is 16.1 Å². The van der Waals surface area contributed by atoms with Gasteiger partial charge in [0.15, 0.2) is 0 Å². The van der Waals surface area contributed by atoms with Gasteiger partial charge in [-0.05, 0) is 24.0 Å². The molecule has 1 heterocycles. The Bertz CT molecular complexity index is 838. The van der Waals surface area contributed by atoms with Crippen LogP contribution >= 0.6 is 0 Å². The molecule has 0 saturated carbocycles. The summed E-state index contributed by atoms with van der Waals surface area (Å²) in [7, 11) is -0.447. The Morgan fingerprint density at radius 3 is 1.86 bits per heavy atom. The average molecular weight is 402 g/mol. The second-order valence-electron chi connectivity index (χ2n) is 7.26. The van der Waals surface area contributed by atoms with Crippen molar-refractivity contribution < 1.29 is 13.2 Å². The summed E-state index contributed by atoms with van der Waals surface area (Å²) in [4.78, 5) is 15.2. The first-order chi connectivity index (χ1) is 13.4. The van der Waals surface area contributed by atoms with Crippen LogP contribution in [0, 0.1) is 0 Å². The zero-order valence-corrected chi connectivity index (χ0v) is 17.1. The number of amides is 1. The molecule has 3 rings (SSSR count). The van der Waals surface area contributed by atoms with Crippen LogP contribution in [0.25, 0.3) is 0 Å². The second-order valence-corrected chi connectivity index (χ2v) is 9.18. The Kier molecular flexibility index (Phi) is 6.49. The number of nitrogens with zero attached hydrogens (tertiary/aromatic N) is 2. The molecule has 7 heteroatoms. The lowest BCUT2D eigenvalue weighted by molar-refractivity contribution is -0.132. The Balaban J connectivity index is 1.73. The van der Waals surface area contributed by atoms with Crippen LogP contribution in [0.15, 0.2) is 60.7 Å². The number of hydrogen-bond donors (Lipinski definition) is 1. The summed E-state index contributed by atoms with van der Waals surface area (Å²) in [5, 5.41) is 0. The van der Waals surface area contributed by atoms with Crippen LogP contribution < -0.4 is 4.72 Å². The van der Waals surface area contributed by atoms with E-state index in [0.29, 0.717) is 25.9 Å². The van der Waals surface area contributed by atoms with Gasteiger partial charge in [-0.25, -0.2) is 0 Å². The number of piperidine rings is 1. The molecule has 2 aromatic rings. The molecule has 1 fully saturated rings. The van der Waals surface area contributed by atoms with E-state index in [0.717, 1.165) is 11.1 Å². The molecular formula is C21H27N3O3S. The molecule has 0 spiro atoms. The van der Waals surface area contributed by atoms with Gasteiger partial charge in [0.25, 0.3) is 10.2 Å². The maximum absolute atomic E-state index is 13.4. The van der Waals surface area contributed by atoms with Gasteiger partial charge >= 0.3 is 0 Å². The van der Waals surface area contributed by atoms with E-state index < -0.39 is 10.2 Å². The Hall–Kier alpha value is -2.22. The van der Waals surface area contributed by atoms with E-state index in [4.69, 9.17) is 0 Å². The minimum Gasteiger partial charge on any atom is -0.342 e. The molecule has 0 radical (unpaired) electrons. The molecule has 28 heavy (non-hydrogen) atoms. The number of nitrogens with one attached hydrogen (secondary N) is 1. The number of benzene rings is 2. The van der Waals surface area contributed by atoms with Crippen LogP contribution in [0.3, 0.4) is 0 Å². The van der Waals surface area contributed by atoms with E-state index in [2.05, 4.69) is 4.72 Å². The standard InChI is InChI=1S/C21H27N3O3S/c1-23(2)28(26,27)22-19-13-15-24(16-14-19)21(25)20(17-9-5-3-6-10-17)18-11-7-4-8-12-18/h3-12,19-20,22H,13-16H2,1-2H3. The molecule has 1 N–H and O–H groups in total. The molecule has 150 valence electrons. The summed E-state index contributed by atoms with van der Waals surface area (Å²) in [6.45, 7) is 1.07. The molecule has 2 aromatic carbocycles. The first-order valence-corrected chi connectivity index (χ1v) is 10.9. The van der Waals surface area contributed by atoms with E-state index >= 15 is 0 Å². The summed E-state index contributed by atoms with van der Waals surface area (Å²) in [6.07, 6.45) is 1.21. The zero-order chi connectivity index (χ0) is 20.1. The lowest BCUT2D eigenvalue weighted by Crippen LogP contribution is -2.49. The van der Waals surface area contributed by atoms with Crippen molar-refractivity contribution in [3.8, 4) is 0 Å². The quantitative estimate of drug-likeness (QED) is 0.807. The number of carbonyl (C=O) groups is 1. The number of likely N-dealkylation sites (tertiary alicyclic amines) is 1. The first kappa shape index (κ1) is 20.5. The molecule has 0 aromatic heterocycles. The van der Waals surface area contributed by atoms with Gasteiger partial charge < -0.3 is 4.90 Å². The van der Waals surface area contributed by atoms with Crippen molar-refractivity contribution in [1.29, 1.82) is 0 Å². The van der Waals surface area contributed by atoms with Gasteiger partial charge in [-0.15, -0.1) is 0 Å². The predicted molar refractivity (Wildman–Crippen MR) is 110 cm³/mol. The Morgan fingerprint density at radius 2 is 1.43 bits per heavy atom. The zero-order valence-electron chi connectivity index (χ0n) is 16.3. The third-order valence-corrected chi connectivity index (χ3v) is 6.71. The molecular weight excluding hydrogens is 374 g/mol. The van der Waals surface area contributed by atoms with Crippen molar-refractivity contribution in [1.82, 2.24) is 13.9 Å². The summed E-state index contributed by atoms with van der Waals surface area (Å²) < 4.78 is 27.9. The van der Waals surface area contributed by atoms with Gasteiger partial charge in [0.05, 0.1) is 5.92 Å². The highest BCUT2D eigenvalue weighted by molar-refractivity contribution is 7.87. The minimum atomic E-state index is -3.46. The van der Waals surface area contributed by atoms with Gasteiger partial charge in [-0.3, -0.25) is 4.79 Å². The van der Waals surface area contributed by atoms with Crippen molar-refractivity contribution in [3.63, 3.8) is 0 Å². The molecule has 1 amide bonds. The summed E-state index contributed by atoms with van der Waals surface area (Å²) in [6, 6.07) is 19.4. The second kappa shape index (κ2) is 8.86. The van der Waals surface area contributed by atoms with Gasteiger partial charge in [-0.2, -0.15) is 17.4 Å². The normalized spacial score (nSPS) is 15.9. The highest BCUT2D eigenvalue weighted by Crippen LogP contribution is 2.28. The molecule has 1 aliphatic rings. The fourth-order valence-electron chi connectivity index (χ4n) is 3.48. The first-order valence-electron chi connectivity index (χ1n) is 9.47. The topological polar surface area (TPSA) is 69.7 Å². The lowest BCUT2D eigenvalue weighted by atomic mass is 9.89. The molecule has 0 aliphatic carbocycles. The smallest absolute Gasteiger partial charge is 0.279 e. The van der Waals surface area contributed by atoms with Crippen LogP contribution in [0.1, 0.15) is 29.9 Å². The maximum Gasteiger partial charge on any atom is 0.279 e. The Morgan fingerprint density at radius 1 is 0.964 bits per heavy atom. The van der Waals surface area contributed by atoms with E-state index in [-0.39, 0.29) is 17.9 Å². The number of rotatable bonds is 6. The van der Waals surface area contributed by atoms with Gasteiger partial charge in [-0.1, -0.05) is 60.7 Å². The van der Waals surface area contributed by atoms with Crippen molar-refractivity contribution in [2.24, 2.45) is 0 Å². The van der Waals surface area contributed by atoms with Crippen molar-refractivity contribution in [2.75, 3.05) is 27.2 Å². The van der Waals surface area contributed by atoms with Gasteiger partial charge in [0.1, 0.15) is 0 Å². The molecule has 0 bridgehead atoms. The average Bonchev–Trinajstić information content (AvgIpc) is 2.70. The molecule has 1 aliphatic heterocycles. The summed E-state index contributed by atoms with van der Waals surface area (Å²) in [5.74, 6) is -0.288. The minimum absolute atomic E-state index is 0.0614. The van der Waals surface area contributed by atoms with Crippen LogP contribution in [0.2, 0.25) is 0 Å². The SMILES string of the molecule is CN(C)S(=O)(=O)NC1CCN(C(=O)C(c2ccccc2)c2ccccc2)CC1. The largest absolute Gasteiger partial charge is 0.342 e. The van der Waals surface area contributed by atoms with Crippen LogP contribution in [-0.2, 0) is 15.0 Å². The third-order valence-electron chi connectivity index (χ3n) is 5.12. The van der Waals surface area contributed by atoms with Crippen molar-refractivity contribution in [2.45, 2.75) is 24.8 Å². The van der Waals surface area contributed by atoms with Crippen molar-refractivity contribution in [3.05, 3.63) is 71.8 Å². The highest BCUT2D eigenvalue weighted by Gasteiger charge is 2.31. The van der Waals surface area contributed by atoms with Gasteiger partial charge in [0.2, 0.25) is 5.91 Å². The van der Waals surface area contributed by atoms with E-state index in [9.17, 15) is 13.2 Å². The third kappa shape index (κ3) is 4.79. The van der Waals surface area contributed by atoms with E-state index in [1.807, 2.05) is 65.6 Å². The molecule has 0 atom stereocenters. The van der Waals surface area contributed by atoms with E-state index in [1.54, 1.807) is 0 Å². The summed E-state index contributed by atoms with van der Waals surface area (Å²) in [5.41, 5.74) is 1.93. The van der Waals surface area contributed by atoms with E-state index in [1.165, 1.54) is 18.4 Å². The molecule has 6 nitrogen and oxygen atoms in total. The highest BCUT2D eigenvalue weighted by atomic mass is 32.2. The number of carbonyl (C=O) groups excluding carboxylic acids is 1. The monoisotopic (exact) mass is 401 g/mol. The van der Waals surface area contributed by atoms with Crippen LogP contribution in [0.5, 0.6) is 0 Å². The summed E-state index contributed by atoms with van der Waals surface area (Å²) >= 11 is 0. The Labute approximate surface area is 167 Å². The fourth-order valence-corrected chi connectivity index (χ4v) is 4.35. The van der Waals surface area contributed by atoms with Gasteiger partial charge in [0, 0.05) is 33.2 Å². The maximum atomic E-state index is 13.4. The molecule has 1 saturated heterocycles. The van der Waals surface area contributed by atoms with Crippen LogP contribution in [0.4, 0.5) is 0 Å². The predicted octanol–water partition coefficient (Wildman–Crippen LogP) is 2.21. The lowest BCUT2D eigenvalue weighted by Gasteiger charge is -2.35. The number of hydrogen-bond acceptors (Lipinski definition) is 3. The fraction of sp³-hybridized carbons (Fsp3) is 0.381. The molecule has 0 unspecified atom stereocenters.